The van der Waals surface area contributed by atoms with Gasteiger partial charge in [0.1, 0.15) is 12.3 Å². The van der Waals surface area contributed by atoms with E-state index < -0.39 is 0 Å². The topological polar surface area (TPSA) is 75.6 Å². The zero-order chi connectivity index (χ0) is 15.7. The molecule has 118 valence electrons. The molecule has 1 spiro atoms. The molecule has 7 heteroatoms. The van der Waals surface area contributed by atoms with E-state index in [1.807, 2.05) is 6.92 Å². The normalized spacial score (nSPS) is 25.6. The molecule has 0 bridgehead atoms. The summed E-state index contributed by atoms with van der Waals surface area (Å²) in [5, 5.41) is 0. The smallest absolute Gasteiger partial charge is 0.274 e. The molecule has 1 aromatic heterocycles. The molecular weight excluding hydrogens is 284 g/mol. The Bertz CT molecular complexity index is 606. The minimum Gasteiger partial charge on any atom is -0.371 e. The number of carbonyl (C=O) groups is 2. The molecule has 7 nitrogen and oxygen atoms in total. The van der Waals surface area contributed by atoms with Gasteiger partial charge in [-0.2, -0.15) is 0 Å². The third kappa shape index (κ3) is 2.81. The lowest BCUT2D eigenvalue weighted by molar-refractivity contribution is -0.132. The van der Waals surface area contributed by atoms with Gasteiger partial charge >= 0.3 is 0 Å². The molecule has 2 fully saturated rings. The zero-order valence-electron chi connectivity index (χ0n) is 12.9. The molecule has 0 aliphatic carbocycles. The summed E-state index contributed by atoms with van der Waals surface area (Å²) in [5.41, 5.74) is 0.923. The molecule has 1 atom stereocenters. The van der Waals surface area contributed by atoms with Crippen LogP contribution < -0.4 is 0 Å². The van der Waals surface area contributed by atoms with Crippen LogP contribution in [0.15, 0.2) is 12.4 Å². The highest BCUT2D eigenvalue weighted by Gasteiger charge is 2.43. The molecule has 2 saturated heterocycles. The monoisotopic (exact) mass is 304 g/mol. The van der Waals surface area contributed by atoms with Gasteiger partial charge in [0.05, 0.1) is 18.5 Å². The second-order valence-corrected chi connectivity index (χ2v) is 6.27. The number of ether oxygens (including phenoxy) is 1. The van der Waals surface area contributed by atoms with Gasteiger partial charge in [0.15, 0.2) is 0 Å². The summed E-state index contributed by atoms with van der Waals surface area (Å²) < 4.78 is 5.51. The highest BCUT2D eigenvalue weighted by atomic mass is 16.5. The lowest BCUT2D eigenvalue weighted by Crippen LogP contribution is -2.41. The van der Waals surface area contributed by atoms with E-state index in [1.54, 1.807) is 23.0 Å². The first-order valence-electron chi connectivity index (χ1n) is 7.39. The summed E-state index contributed by atoms with van der Waals surface area (Å²) in [6, 6.07) is 0. The predicted octanol–water partition coefficient (Wildman–Crippen LogP) is 0.106. The van der Waals surface area contributed by atoms with Crippen molar-refractivity contribution < 1.29 is 14.3 Å². The Morgan fingerprint density at radius 3 is 2.95 bits per heavy atom. The molecular formula is C15H20N4O3. The van der Waals surface area contributed by atoms with E-state index in [0.29, 0.717) is 31.9 Å². The largest absolute Gasteiger partial charge is 0.371 e. The van der Waals surface area contributed by atoms with E-state index in [1.165, 1.54) is 6.20 Å². The number of rotatable bonds is 1. The van der Waals surface area contributed by atoms with E-state index in [0.717, 1.165) is 12.1 Å². The highest BCUT2D eigenvalue weighted by Crippen LogP contribution is 2.33. The summed E-state index contributed by atoms with van der Waals surface area (Å²) in [7, 11) is 1.79. The summed E-state index contributed by atoms with van der Waals surface area (Å²) >= 11 is 0. The first-order chi connectivity index (χ1) is 10.5. The van der Waals surface area contributed by atoms with Crippen LogP contribution in [0.5, 0.6) is 0 Å². The average molecular weight is 304 g/mol. The summed E-state index contributed by atoms with van der Waals surface area (Å²) in [6.45, 7) is 4.30. The van der Waals surface area contributed by atoms with Gasteiger partial charge in [-0.1, -0.05) is 0 Å². The second kappa shape index (κ2) is 5.64. The van der Waals surface area contributed by atoms with Gasteiger partial charge in [-0.15, -0.1) is 0 Å². The number of aryl methyl sites for hydroxylation is 1. The lowest BCUT2D eigenvalue weighted by atomic mass is 9.88. The van der Waals surface area contributed by atoms with Crippen LogP contribution in [0.3, 0.4) is 0 Å². The zero-order valence-corrected chi connectivity index (χ0v) is 12.9. The quantitative estimate of drug-likeness (QED) is 0.736. The number of hydrogen-bond donors (Lipinski definition) is 0. The molecule has 0 radical (unpaired) electrons. The number of likely N-dealkylation sites (tertiary alicyclic amines) is 1. The van der Waals surface area contributed by atoms with E-state index >= 15 is 0 Å². The van der Waals surface area contributed by atoms with Crippen LogP contribution in [0.2, 0.25) is 0 Å². The third-order valence-electron chi connectivity index (χ3n) is 4.33. The molecule has 22 heavy (non-hydrogen) atoms. The van der Waals surface area contributed by atoms with Crippen molar-refractivity contribution in [2.45, 2.75) is 13.3 Å². The fraction of sp³-hybridized carbons (Fsp3) is 0.600. The van der Waals surface area contributed by atoms with Crippen LogP contribution in [0.4, 0.5) is 0 Å². The Kier molecular flexibility index (Phi) is 3.82. The minimum absolute atomic E-state index is 0.00815. The number of carbonyl (C=O) groups excluding carboxylic acids is 2. The van der Waals surface area contributed by atoms with Crippen molar-refractivity contribution >= 4 is 11.8 Å². The van der Waals surface area contributed by atoms with Gasteiger partial charge in [-0.3, -0.25) is 14.6 Å². The Labute approximate surface area is 129 Å². The Morgan fingerprint density at radius 2 is 2.18 bits per heavy atom. The number of hydrogen-bond acceptors (Lipinski definition) is 5. The average Bonchev–Trinajstić information content (AvgIpc) is 2.84. The van der Waals surface area contributed by atoms with E-state index in [4.69, 9.17) is 4.74 Å². The van der Waals surface area contributed by atoms with Gasteiger partial charge in [0.2, 0.25) is 5.91 Å². The van der Waals surface area contributed by atoms with Crippen molar-refractivity contribution in [3.05, 3.63) is 23.8 Å². The SMILES string of the molecule is Cc1cncc(C(=O)N2CCC3(COCC(=O)N(C)C3)C2)n1. The molecule has 0 N–H and O–H groups in total. The maximum Gasteiger partial charge on any atom is 0.274 e. The fourth-order valence-electron chi connectivity index (χ4n) is 3.19. The van der Waals surface area contributed by atoms with Gasteiger partial charge in [0.25, 0.3) is 5.91 Å². The van der Waals surface area contributed by atoms with Crippen molar-refractivity contribution in [3.8, 4) is 0 Å². The summed E-state index contributed by atoms with van der Waals surface area (Å²) in [4.78, 5) is 36.1. The van der Waals surface area contributed by atoms with Crippen LogP contribution in [0.25, 0.3) is 0 Å². The predicted molar refractivity (Wildman–Crippen MR) is 78.2 cm³/mol. The Hall–Kier alpha value is -2.02. The Morgan fingerprint density at radius 1 is 1.36 bits per heavy atom. The number of nitrogens with zero attached hydrogens (tertiary/aromatic N) is 4. The van der Waals surface area contributed by atoms with Crippen molar-refractivity contribution in [3.63, 3.8) is 0 Å². The van der Waals surface area contributed by atoms with Gasteiger partial charge in [-0.05, 0) is 13.3 Å². The minimum atomic E-state index is -0.173. The van der Waals surface area contributed by atoms with Crippen molar-refractivity contribution in [1.82, 2.24) is 19.8 Å². The molecule has 2 aliphatic rings. The van der Waals surface area contributed by atoms with Crippen molar-refractivity contribution in [2.75, 3.05) is 39.9 Å². The number of amides is 2. The molecule has 1 aromatic rings. The summed E-state index contributed by atoms with van der Waals surface area (Å²) in [6.07, 6.45) is 3.96. The number of likely N-dealkylation sites (N-methyl/N-ethyl adjacent to an activating group) is 1. The van der Waals surface area contributed by atoms with Crippen LogP contribution in [0, 0.1) is 12.3 Å². The maximum absolute atomic E-state index is 12.6. The standard InChI is InChI=1S/C15H20N4O3/c1-11-5-16-6-12(17-11)14(21)19-4-3-15(9-19)8-18(2)13(20)7-22-10-15/h5-6H,3-4,7-10H2,1-2H3. The summed E-state index contributed by atoms with van der Waals surface area (Å²) in [5.74, 6) is -0.113. The fourth-order valence-corrected chi connectivity index (χ4v) is 3.19. The number of aromatic nitrogens is 2. The molecule has 0 saturated carbocycles. The van der Waals surface area contributed by atoms with E-state index in [2.05, 4.69) is 9.97 Å². The molecule has 2 aliphatic heterocycles. The second-order valence-electron chi connectivity index (χ2n) is 6.27. The lowest BCUT2D eigenvalue weighted by Gasteiger charge is -2.29. The van der Waals surface area contributed by atoms with Crippen molar-refractivity contribution in [1.29, 1.82) is 0 Å². The molecule has 3 heterocycles. The molecule has 1 unspecified atom stereocenters. The van der Waals surface area contributed by atoms with Crippen LogP contribution in [0.1, 0.15) is 22.6 Å². The van der Waals surface area contributed by atoms with Crippen molar-refractivity contribution in [2.24, 2.45) is 5.41 Å². The van der Waals surface area contributed by atoms with Gasteiger partial charge in [0, 0.05) is 38.3 Å². The molecule has 3 rings (SSSR count). The maximum atomic E-state index is 12.6. The molecule has 0 aromatic carbocycles. The first-order valence-corrected chi connectivity index (χ1v) is 7.39. The van der Waals surface area contributed by atoms with Gasteiger partial charge < -0.3 is 14.5 Å². The highest BCUT2D eigenvalue weighted by molar-refractivity contribution is 5.92. The van der Waals surface area contributed by atoms with Crippen LogP contribution >= 0.6 is 0 Å². The third-order valence-corrected chi connectivity index (χ3v) is 4.33. The van der Waals surface area contributed by atoms with Crippen LogP contribution in [-0.4, -0.2) is 71.5 Å². The van der Waals surface area contributed by atoms with E-state index in [-0.39, 0.29) is 23.8 Å². The van der Waals surface area contributed by atoms with Gasteiger partial charge in [-0.25, -0.2) is 4.98 Å². The first kappa shape index (κ1) is 14.9. The van der Waals surface area contributed by atoms with Crippen LogP contribution in [-0.2, 0) is 9.53 Å². The van der Waals surface area contributed by atoms with E-state index in [9.17, 15) is 9.59 Å². The Balaban J connectivity index is 1.74. The molecule has 2 amide bonds.